The predicted molar refractivity (Wildman–Crippen MR) is 60.4 cm³/mol. The Morgan fingerprint density at radius 1 is 1.44 bits per heavy atom. The summed E-state index contributed by atoms with van der Waals surface area (Å²) in [6.07, 6.45) is -1.90. The van der Waals surface area contributed by atoms with Gasteiger partial charge in [0.1, 0.15) is 12.7 Å². The van der Waals surface area contributed by atoms with Crippen molar-refractivity contribution >= 4 is 18.6 Å². The average molecular weight is 240 g/mol. The van der Waals surface area contributed by atoms with Gasteiger partial charge >= 0.3 is 5.97 Å². The minimum absolute atomic E-state index is 0.174. The molecule has 0 bridgehead atoms. The first-order chi connectivity index (χ1) is 7.63. The van der Waals surface area contributed by atoms with E-state index in [4.69, 9.17) is 4.74 Å². The van der Waals surface area contributed by atoms with E-state index >= 15 is 0 Å². The standard InChI is InChI=1S/C11H12O4S/c12-9(5-16)10(13)6-1-2-8-7(3-6)4-15-11(8)14/h1-3,9-10,12-13,16H,4-5H2. The van der Waals surface area contributed by atoms with Crippen molar-refractivity contribution in [3.05, 3.63) is 34.9 Å². The van der Waals surface area contributed by atoms with Crippen molar-refractivity contribution in [1.82, 2.24) is 0 Å². The van der Waals surface area contributed by atoms with Gasteiger partial charge in [0.05, 0.1) is 11.7 Å². The molecule has 0 saturated heterocycles. The van der Waals surface area contributed by atoms with Gasteiger partial charge in [-0.2, -0.15) is 12.6 Å². The SMILES string of the molecule is O=C1OCc2cc(C(O)C(O)CS)ccc21. The molecule has 0 amide bonds. The van der Waals surface area contributed by atoms with Crippen LogP contribution in [-0.4, -0.2) is 28.0 Å². The van der Waals surface area contributed by atoms with Gasteiger partial charge in [-0.05, 0) is 17.7 Å². The third-order valence-corrected chi connectivity index (χ3v) is 2.98. The Morgan fingerprint density at radius 3 is 2.88 bits per heavy atom. The monoisotopic (exact) mass is 240 g/mol. The van der Waals surface area contributed by atoms with Crippen molar-refractivity contribution in [3.8, 4) is 0 Å². The van der Waals surface area contributed by atoms with Gasteiger partial charge in [0.25, 0.3) is 0 Å². The molecule has 1 aliphatic rings. The van der Waals surface area contributed by atoms with Gasteiger partial charge in [-0.3, -0.25) is 0 Å². The van der Waals surface area contributed by atoms with Crippen LogP contribution in [0.1, 0.15) is 27.6 Å². The fourth-order valence-corrected chi connectivity index (χ4v) is 1.86. The van der Waals surface area contributed by atoms with Gasteiger partial charge in [-0.25, -0.2) is 4.79 Å². The van der Waals surface area contributed by atoms with Gasteiger partial charge in [-0.1, -0.05) is 6.07 Å². The zero-order chi connectivity index (χ0) is 11.7. The quantitative estimate of drug-likeness (QED) is 0.537. The van der Waals surface area contributed by atoms with Crippen molar-refractivity contribution < 1.29 is 19.7 Å². The highest BCUT2D eigenvalue weighted by atomic mass is 32.1. The zero-order valence-electron chi connectivity index (χ0n) is 8.46. The summed E-state index contributed by atoms with van der Waals surface area (Å²) in [7, 11) is 0. The molecule has 2 rings (SSSR count). The first kappa shape index (κ1) is 11.4. The van der Waals surface area contributed by atoms with E-state index in [9.17, 15) is 15.0 Å². The number of aliphatic hydroxyl groups is 2. The normalized spacial score (nSPS) is 17.8. The number of carbonyl (C=O) groups is 1. The highest BCUT2D eigenvalue weighted by molar-refractivity contribution is 7.80. The van der Waals surface area contributed by atoms with Crippen LogP contribution in [0.3, 0.4) is 0 Å². The average Bonchev–Trinajstić information content (AvgIpc) is 2.68. The van der Waals surface area contributed by atoms with Crippen LogP contribution in [0, 0.1) is 0 Å². The number of aliphatic hydroxyl groups excluding tert-OH is 2. The Labute approximate surface area is 98.3 Å². The second-order valence-corrected chi connectivity index (χ2v) is 4.05. The minimum Gasteiger partial charge on any atom is -0.457 e. The van der Waals surface area contributed by atoms with E-state index in [0.717, 1.165) is 5.56 Å². The Balaban J connectivity index is 2.28. The molecule has 2 atom stereocenters. The highest BCUT2D eigenvalue weighted by Gasteiger charge is 2.24. The molecule has 1 aromatic rings. The summed E-state index contributed by atoms with van der Waals surface area (Å²) in [5.74, 6) is -0.168. The lowest BCUT2D eigenvalue weighted by atomic mass is 10.00. The van der Waals surface area contributed by atoms with Crippen LogP contribution in [0.4, 0.5) is 0 Å². The molecule has 5 heteroatoms. The molecule has 1 heterocycles. The van der Waals surface area contributed by atoms with Crippen molar-refractivity contribution in [2.24, 2.45) is 0 Å². The maximum absolute atomic E-state index is 11.2. The molecule has 2 unspecified atom stereocenters. The number of thiol groups is 1. The van der Waals surface area contributed by atoms with E-state index in [0.29, 0.717) is 11.1 Å². The predicted octanol–water partition coefficient (Wildman–Crippen LogP) is 0.681. The fourth-order valence-electron chi connectivity index (χ4n) is 1.66. The lowest BCUT2D eigenvalue weighted by Gasteiger charge is -2.16. The van der Waals surface area contributed by atoms with Crippen LogP contribution >= 0.6 is 12.6 Å². The van der Waals surface area contributed by atoms with Crippen LogP contribution in [0.5, 0.6) is 0 Å². The Hall–Kier alpha value is -1.04. The molecule has 1 aliphatic heterocycles. The van der Waals surface area contributed by atoms with Gasteiger partial charge < -0.3 is 14.9 Å². The first-order valence-corrected chi connectivity index (χ1v) is 5.53. The van der Waals surface area contributed by atoms with Gasteiger partial charge in [-0.15, -0.1) is 0 Å². The number of ether oxygens (including phenoxy) is 1. The van der Waals surface area contributed by atoms with E-state index in [1.807, 2.05) is 0 Å². The topological polar surface area (TPSA) is 66.8 Å². The van der Waals surface area contributed by atoms with E-state index in [-0.39, 0.29) is 18.3 Å². The maximum atomic E-state index is 11.2. The largest absolute Gasteiger partial charge is 0.457 e. The summed E-state index contributed by atoms with van der Waals surface area (Å²) < 4.78 is 4.85. The number of benzene rings is 1. The number of hydrogen-bond donors (Lipinski definition) is 3. The van der Waals surface area contributed by atoms with E-state index in [2.05, 4.69) is 12.6 Å². The molecule has 86 valence electrons. The smallest absolute Gasteiger partial charge is 0.338 e. The second-order valence-electron chi connectivity index (χ2n) is 3.69. The molecular weight excluding hydrogens is 228 g/mol. The molecule has 0 saturated carbocycles. The van der Waals surface area contributed by atoms with E-state index < -0.39 is 12.2 Å². The molecule has 1 aromatic carbocycles. The third-order valence-electron chi connectivity index (χ3n) is 2.60. The van der Waals surface area contributed by atoms with E-state index in [1.54, 1.807) is 18.2 Å². The summed E-state index contributed by atoms with van der Waals surface area (Å²) in [5, 5.41) is 19.2. The molecule has 4 nitrogen and oxygen atoms in total. The molecule has 0 aliphatic carbocycles. The Kier molecular flexibility index (Phi) is 3.18. The molecule has 16 heavy (non-hydrogen) atoms. The number of hydrogen-bond acceptors (Lipinski definition) is 5. The first-order valence-electron chi connectivity index (χ1n) is 4.90. The zero-order valence-corrected chi connectivity index (χ0v) is 9.35. The van der Waals surface area contributed by atoms with Crippen LogP contribution in [0.15, 0.2) is 18.2 Å². The summed E-state index contributed by atoms with van der Waals surface area (Å²) >= 11 is 3.91. The molecule has 0 radical (unpaired) electrons. The van der Waals surface area contributed by atoms with Crippen LogP contribution in [0.25, 0.3) is 0 Å². The van der Waals surface area contributed by atoms with Gasteiger partial charge in [0.15, 0.2) is 0 Å². The number of esters is 1. The summed E-state index contributed by atoms with van der Waals surface area (Å²) in [5.41, 5.74) is 1.84. The fraction of sp³-hybridized carbons (Fsp3) is 0.364. The summed E-state index contributed by atoms with van der Waals surface area (Å²) in [4.78, 5) is 11.2. The number of carbonyl (C=O) groups excluding carboxylic acids is 1. The van der Waals surface area contributed by atoms with Gasteiger partial charge in [0.2, 0.25) is 0 Å². The molecular formula is C11H12O4S. The Morgan fingerprint density at radius 2 is 2.19 bits per heavy atom. The van der Waals surface area contributed by atoms with Gasteiger partial charge in [0, 0.05) is 11.3 Å². The lowest BCUT2D eigenvalue weighted by Crippen LogP contribution is -2.19. The number of fused-ring (bicyclic) bond motifs is 1. The third kappa shape index (κ3) is 1.93. The van der Waals surface area contributed by atoms with Crippen molar-refractivity contribution in [1.29, 1.82) is 0 Å². The van der Waals surface area contributed by atoms with Crippen LogP contribution < -0.4 is 0 Å². The van der Waals surface area contributed by atoms with Crippen LogP contribution in [0.2, 0.25) is 0 Å². The number of cyclic esters (lactones) is 1. The van der Waals surface area contributed by atoms with Crippen LogP contribution in [-0.2, 0) is 11.3 Å². The van der Waals surface area contributed by atoms with Crippen molar-refractivity contribution in [2.45, 2.75) is 18.8 Å². The molecule has 0 spiro atoms. The molecule has 0 aromatic heterocycles. The summed E-state index contributed by atoms with van der Waals surface area (Å²) in [6, 6.07) is 4.90. The second kappa shape index (κ2) is 4.45. The number of rotatable bonds is 3. The minimum atomic E-state index is -0.987. The molecule has 0 fully saturated rings. The molecule has 2 N–H and O–H groups in total. The van der Waals surface area contributed by atoms with Crippen molar-refractivity contribution in [2.75, 3.05) is 5.75 Å². The Bertz CT molecular complexity index is 418. The lowest BCUT2D eigenvalue weighted by molar-refractivity contribution is 0.0337. The van der Waals surface area contributed by atoms with E-state index in [1.165, 1.54) is 0 Å². The highest BCUT2D eigenvalue weighted by Crippen LogP contribution is 2.25. The maximum Gasteiger partial charge on any atom is 0.338 e. The summed E-state index contributed by atoms with van der Waals surface area (Å²) in [6.45, 7) is 0.228. The van der Waals surface area contributed by atoms with Crippen molar-refractivity contribution in [3.63, 3.8) is 0 Å².